The van der Waals surface area contributed by atoms with Crippen LogP contribution in [0.25, 0.3) is 0 Å². The maximum absolute atomic E-state index is 12.5. The van der Waals surface area contributed by atoms with Crippen molar-refractivity contribution >= 4 is 5.91 Å². The first-order valence-electron chi connectivity index (χ1n) is 6.88. The van der Waals surface area contributed by atoms with Crippen LogP contribution in [0.4, 0.5) is 0 Å². The number of hydrogen-bond acceptors (Lipinski definition) is 3. The molecule has 2 fully saturated rings. The highest BCUT2D eigenvalue weighted by molar-refractivity contribution is 5.82. The first-order chi connectivity index (χ1) is 8.24. The van der Waals surface area contributed by atoms with Crippen LogP contribution in [0.15, 0.2) is 0 Å². The summed E-state index contributed by atoms with van der Waals surface area (Å²) in [5.74, 6) is 0.619. The summed E-state index contributed by atoms with van der Waals surface area (Å²) in [6, 6.07) is 0.349. The minimum absolute atomic E-state index is 0.0316. The minimum Gasteiger partial charge on any atom is -0.395 e. The maximum Gasteiger partial charge on any atom is 0.240 e. The molecular weight excluding hydrogens is 216 g/mol. The second kappa shape index (κ2) is 5.83. The van der Waals surface area contributed by atoms with Gasteiger partial charge in [0.1, 0.15) is 0 Å². The van der Waals surface area contributed by atoms with Crippen LogP contribution in [-0.4, -0.2) is 47.7 Å². The van der Waals surface area contributed by atoms with E-state index in [9.17, 15) is 4.79 Å². The molecule has 4 nitrogen and oxygen atoms in total. The Morgan fingerprint density at radius 1 is 1.35 bits per heavy atom. The predicted octanol–water partition coefficient (Wildman–Crippen LogP) is 0.748. The number of aliphatic hydroxyl groups excluding tert-OH is 1. The van der Waals surface area contributed by atoms with E-state index >= 15 is 0 Å². The van der Waals surface area contributed by atoms with Crippen molar-refractivity contribution in [2.45, 2.75) is 51.1 Å². The summed E-state index contributed by atoms with van der Waals surface area (Å²) in [4.78, 5) is 14.4. The van der Waals surface area contributed by atoms with E-state index in [0.29, 0.717) is 18.5 Å². The predicted molar refractivity (Wildman–Crippen MR) is 66.6 cm³/mol. The molecule has 17 heavy (non-hydrogen) atoms. The summed E-state index contributed by atoms with van der Waals surface area (Å²) in [6.45, 7) is 3.66. The minimum atomic E-state index is -0.0316. The summed E-state index contributed by atoms with van der Waals surface area (Å²) in [5, 5.41) is 12.4. The van der Waals surface area contributed by atoms with Crippen LogP contribution in [0.1, 0.15) is 39.0 Å². The Kier molecular flexibility index (Phi) is 4.40. The lowest BCUT2D eigenvalue weighted by Gasteiger charge is -2.41. The first kappa shape index (κ1) is 12.8. The van der Waals surface area contributed by atoms with E-state index in [1.54, 1.807) is 0 Å². The Morgan fingerprint density at radius 2 is 2.12 bits per heavy atom. The molecule has 0 aromatic carbocycles. The Balaban J connectivity index is 1.98. The van der Waals surface area contributed by atoms with E-state index in [-0.39, 0.29) is 18.6 Å². The molecule has 1 amide bonds. The number of aliphatic hydroxyl groups is 1. The Morgan fingerprint density at radius 3 is 2.65 bits per heavy atom. The van der Waals surface area contributed by atoms with E-state index < -0.39 is 0 Å². The van der Waals surface area contributed by atoms with Crippen LogP contribution >= 0.6 is 0 Å². The molecule has 1 saturated carbocycles. The average molecular weight is 240 g/mol. The van der Waals surface area contributed by atoms with Gasteiger partial charge in [-0.25, -0.2) is 0 Å². The third kappa shape index (κ3) is 2.80. The van der Waals surface area contributed by atoms with Gasteiger partial charge in [-0.05, 0) is 44.6 Å². The van der Waals surface area contributed by atoms with Gasteiger partial charge < -0.3 is 15.3 Å². The Hall–Kier alpha value is -0.610. The third-order valence-electron chi connectivity index (χ3n) is 4.18. The molecule has 0 aromatic heterocycles. The molecule has 2 atom stereocenters. The fraction of sp³-hybridized carbons (Fsp3) is 0.923. The highest BCUT2D eigenvalue weighted by atomic mass is 16.3. The number of piperidine rings is 1. The molecule has 0 bridgehead atoms. The van der Waals surface area contributed by atoms with Gasteiger partial charge in [0, 0.05) is 12.6 Å². The molecule has 2 N–H and O–H groups in total. The van der Waals surface area contributed by atoms with Gasteiger partial charge >= 0.3 is 0 Å². The van der Waals surface area contributed by atoms with Gasteiger partial charge in [-0.3, -0.25) is 4.79 Å². The summed E-state index contributed by atoms with van der Waals surface area (Å²) < 4.78 is 0. The highest BCUT2D eigenvalue weighted by Crippen LogP contribution is 2.27. The van der Waals surface area contributed by atoms with Crippen LogP contribution in [0.5, 0.6) is 0 Å². The van der Waals surface area contributed by atoms with Crippen molar-refractivity contribution in [3.05, 3.63) is 0 Å². The van der Waals surface area contributed by atoms with Gasteiger partial charge in [-0.2, -0.15) is 0 Å². The molecule has 0 aromatic rings. The molecule has 1 aliphatic heterocycles. The lowest BCUT2D eigenvalue weighted by Crippen LogP contribution is -2.56. The summed E-state index contributed by atoms with van der Waals surface area (Å²) in [6.07, 6.45) is 5.71. The number of carbonyl (C=O) groups excluding carboxylic acids is 1. The van der Waals surface area contributed by atoms with E-state index in [1.165, 1.54) is 6.42 Å². The van der Waals surface area contributed by atoms with Crippen LogP contribution in [-0.2, 0) is 4.79 Å². The van der Waals surface area contributed by atoms with E-state index in [1.807, 2.05) is 4.90 Å². The van der Waals surface area contributed by atoms with Gasteiger partial charge in [0.2, 0.25) is 5.91 Å². The topological polar surface area (TPSA) is 52.6 Å². The molecule has 4 heteroatoms. The Bertz CT molecular complexity index is 266. The van der Waals surface area contributed by atoms with Gasteiger partial charge in [0.05, 0.1) is 12.6 Å². The van der Waals surface area contributed by atoms with E-state index in [0.717, 1.165) is 32.2 Å². The molecule has 98 valence electrons. The normalized spacial score (nSPS) is 29.8. The zero-order chi connectivity index (χ0) is 12.3. The zero-order valence-electron chi connectivity index (χ0n) is 10.7. The third-order valence-corrected chi connectivity index (χ3v) is 4.18. The van der Waals surface area contributed by atoms with Gasteiger partial charge in [-0.15, -0.1) is 0 Å². The molecule has 2 unspecified atom stereocenters. The summed E-state index contributed by atoms with van der Waals surface area (Å²) >= 11 is 0. The SMILES string of the molecule is CC1CCCNC1C(=O)N(CCO)C1CCC1. The summed E-state index contributed by atoms with van der Waals surface area (Å²) in [5.41, 5.74) is 0. The zero-order valence-corrected chi connectivity index (χ0v) is 10.7. The van der Waals surface area contributed by atoms with Crippen molar-refractivity contribution in [1.29, 1.82) is 0 Å². The molecule has 1 aliphatic carbocycles. The number of rotatable bonds is 4. The van der Waals surface area contributed by atoms with E-state index in [2.05, 4.69) is 12.2 Å². The largest absolute Gasteiger partial charge is 0.395 e. The van der Waals surface area contributed by atoms with Crippen LogP contribution in [0, 0.1) is 5.92 Å². The highest BCUT2D eigenvalue weighted by Gasteiger charge is 2.35. The average Bonchev–Trinajstić information content (AvgIpc) is 2.26. The van der Waals surface area contributed by atoms with E-state index in [4.69, 9.17) is 5.11 Å². The lowest BCUT2D eigenvalue weighted by atomic mass is 9.88. The second-order valence-corrected chi connectivity index (χ2v) is 5.39. The quantitative estimate of drug-likeness (QED) is 0.762. The van der Waals surface area contributed by atoms with Crippen LogP contribution in [0.2, 0.25) is 0 Å². The van der Waals surface area contributed by atoms with Crippen LogP contribution in [0.3, 0.4) is 0 Å². The fourth-order valence-electron chi connectivity index (χ4n) is 2.84. The smallest absolute Gasteiger partial charge is 0.240 e. The van der Waals surface area contributed by atoms with Gasteiger partial charge in [-0.1, -0.05) is 6.92 Å². The van der Waals surface area contributed by atoms with Crippen molar-refractivity contribution in [2.24, 2.45) is 5.92 Å². The first-order valence-corrected chi connectivity index (χ1v) is 6.88. The molecule has 1 heterocycles. The second-order valence-electron chi connectivity index (χ2n) is 5.39. The molecule has 1 saturated heterocycles. The molecule has 2 aliphatic rings. The fourth-order valence-corrected chi connectivity index (χ4v) is 2.84. The number of carbonyl (C=O) groups is 1. The van der Waals surface area contributed by atoms with Crippen molar-refractivity contribution in [3.8, 4) is 0 Å². The number of nitrogens with zero attached hydrogens (tertiary/aromatic N) is 1. The molecule has 0 radical (unpaired) electrons. The van der Waals surface area contributed by atoms with Crippen molar-refractivity contribution in [2.75, 3.05) is 19.7 Å². The number of amides is 1. The maximum atomic E-state index is 12.5. The standard InChI is InChI=1S/C13H24N2O2/c1-10-4-3-7-14-12(10)13(17)15(8-9-16)11-5-2-6-11/h10-12,14,16H,2-9H2,1H3. The van der Waals surface area contributed by atoms with Crippen molar-refractivity contribution in [3.63, 3.8) is 0 Å². The van der Waals surface area contributed by atoms with Crippen molar-refractivity contribution < 1.29 is 9.90 Å². The van der Waals surface area contributed by atoms with Gasteiger partial charge in [0.15, 0.2) is 0 Å². The molecule has 0 spiro atoms. The van der Waals surface area contributed by atoms with Crippen molar-refractivity contribution in [1.82, 2.24) is 10.2 Å². The molecular formula is C13H24N2O2. The van der Waals surface area contributed by atoms with Crippen LogP contribution < -0.4 is 5.32 Å². The lowest BCUT2D eigenvalue weighted by molar-refractivity contribution is -0.140. The number of hydrogen-bond donors (Lipinski definition) is 2. The Labute approximate surface area is 103 Å². The van der Waals surface area contributed by atoms with Gasteiger partial charge in [0.25, 0.3) is 0 Å². The molecule has 2 rings (SSSR count). The monoisotopic (exact) mass is 240 g/mol. The summed E-state index contributed by atoms with van der Waals surface area (Å²) in [7, 11) is 0. The number of nitrogens with one attached hydrogen (secondary N) is 1.